The average molecular weight is 247 g/mol. The average Bonchev–Trinajstić information content (AvgIpc) is 2.41. The minimum absolute atomic E-state index is 0.688. The van der Waals surface area contributed by atoms with E-state index in [2.05, 4.69) is 26.8 Å². The molecule has 0 amide bonds. The lowest BCUT2D eigenvalue weighted by Crippen LogP contribution is -2.35. The van der Waals surface area contributed by atoms with Crippen molar-refractivity contribution in [1.29, 1.82) is 5.26 Å². The first-order chi connectivity index (χ1) is 8.19. The molecule has 92 valence electrons. The summed E-state index contributed by atoms with van der Waals surface area (Å²) in [5, 5.41) is 8.73. The number of hydrogen-bond acceptors (Lipinski definition) is 2. The number of nitriles is 1. The maximum atomic E-state index is 8.73. The number of rotatable bonds is 6. The molecule has 0 bridgehead atoms. The van der Waals surface area contributed by atoms with E-state index in [1.807, 2.05) is 24.3 Å². The van der Waals surface area contributed by atoms with Crippen LogP contribution in [0.2, 0.25) is 18.1 Å². The molecule has 0 atom stereocenters. The van der Waals surface area contributed by atoms with Gasteiger partial charge in [0.05, 0.1) is 18.2 Å². The highest BCUT2D eigenvalue weighted by Gasteiger charge is 2.28. The monoisotopic (exact) mass is 247 g/mol. The fraction of sp³-hybridized carbons (Fsp3) is 0.500. The summed E-state index contributed by atoms with van der Waals surface area (Å²) >= 11 is 0. The van der Waals surface area contributed by atoms with Crippen molar-refractivity contribution in [2.45, 2.75) is 45.5 Å². The zero-order valence-electron chi connectivity index (χ0n) is 11.0. The van der Waals surface area contributed by atoms with Gasteiger partial charge in [0.1, 0.15) is 0 Å². The molecule has 0 aliphatic rings. The van der Waals surface area contributed by atoms with Crippen LogP contribution in [0.5, 0.6) is 0 Å². The van der Waals surface area contributed by atoms with Gasteiger partial charge in [0.25, 0.3) is 0 Å². The Bertz CT molecular complexity index is 368. The van der Waals surface area contributed by atoms with Crippen molar-refractivity contribution >= 4 is 8.32 Å². The predicted octanol–water partition coefficient (Wildman–Crippen LogP) is 4.08. The van der Waals surface area contributed by atoms with Gasteiger partial charge < -0.3 is 4.43 Å². The van der Waals surface area contributed by atoms with Gasteiger partial charge in [-0.15, -0.1) is 0 Å². The summed E-state index contributed by atoms with van der Waals surface area (Å²) in [4.78, 5) is 0. The Hall–Kier alpha value is -1.11. The van der Waals surface area contributed by atoms with E-state index >= 15 is 0 Å². The third-order valence-electron chi connectivity index (χ3n) is 3.56. The first kappa shape index (κ1) is 13.9. The second-order valence-corrected chi connectivity index (χ2v) is 9.12. The molecule has 1 aromatic rings. The summed E-state index contributed by atoms with van der Waals surface area (Å²) in [6, 6.07) is 13.3. The Morgan fingerprint density at radius 1 is 1.06 bits per heavy atom. The molecule has 0 saturated carbocycles. The van der Waals surface area contributed by atoms with Crippen molar-refractivity contribution in [3.8, 4) is 6.07 Å². The Balaban J connectivity index is 2.63. The lowest BCUT2D eigenvalue weighted by Gasteiger charge is -2.28. The lowest BCUT2D eigenvalue weighted by molar-refractivity contribution is 0.287. The molecule has 17 heavy (non-hydrogen) atoms. The largest absolute Gasteiger partial charge is 0.413 e. The first-order valence-corrected chi connectivity index (χ1v) is 8.85. The summed E-state index contributed by atoms with van der Waals surface area (Å²) < 4.78 is 6.19. The molecule has 0 fully saturated rings. The van der Waals surface area contributed by atoms with E-state index in [9.17, 15) is 0 Å². The van der Waals surface area contributed by atoms with Crippen LogP contribution >= 0.6 is 0 Å². The zero-order chi connectivity index (χ0) is 12.7. The molecule has 0 aliphatic heterocycles. The maximum absolute atomic E-state index is 8.73. The van der Waals surface area contributed by atoms with Gasteiger partial charge in [-0.25, -0.2) is 0 Å². The highest BCUT2D eigenvalue weighted by Crippen LogP contribution is 2.23. The van der Waals surface area contributed by atoms with Crippen LogP contribution in [0.25, 0.3) is 0 Å². The Morgan fingerprint density at radius 2 is 1.59 bits per heavy atom. The van der Waals surface area contributed by atoms with E-state index in [0.717, 1.165) is 5.56 Å². The van der Waals surface area contributed by atoms with Crippen molar-refractivity contribution in [3.05, 3.63) is 35.4 Å². The summed E-state index contributed by atoms with van der Waals surface area (Å²) in [5.74, 6) is 0. The second-order valence-electron chi connectivity index (χ2n) is 4.34. The van der Waals surface area contributed by atoms with E-state index in [1.165, 1.54) is 18.1 Å². The van der Waals surface area contributed by atoms with E-state index in [4.69, 9.17) is 9.69 Å². The third-order valence-corrected chi connectivity index (χ3v) is 8.18. The predicted molar refractivity (Wildman–Crippen MR) is 73.1 cm³/mol. The van der Waals surface area contributed by atoms with Crippen LogP contribution in [0.15, 0.2) is 24.3 Å². The normalized spacial score (nSPS) is 11.2. The molecule has 1 aromatic carbocycles. The van der Waals surface area contributed by atoms with Crippen molar-refractivity contribution in [3.63, 3.8) is 0 Å². The molecule has 0 aliphatic carbocycles. The van der Waals surface area contributed by atoms with Gasteiger partial charge >= 0.3 is 0 Å². The molecule has 0 radical (unpaired) electrons. The molecule has 0 unspecified atom stereocenters. The molecule has 0 N–H and O–H groups in total. The molecule has 0 saturated heterocycles. The fourth-order valence-corrected chi connectivity index (χ4v) is 4.55. The minimum Gasteiger partial charge on any atom is -0.413 e. The van der Waals surface area contributed by atoms with Crippen LogP contribution in [0.4, 0.5) is 0 Å². The fourth-order valence-electron chi connectivity index (χ4n) is 1.97. The Kier molecular flexibility index (Phi) is 5.40. The molecular formula is C14H21NOSi. The van der Waals surface area contributed by atoms with Gasteiger partial charge in [-0.3, -0.25) is 0 Å². The highest BCUT2D eigenvalue weighted by molar-refractivity contribution is 6.73. The Morgan fingerprint density at radius 3 is 2.00 bits per heavy atom. The molecular weight excluding hydrogens is 226 g/mol. The smallest absolute Gasteiger partial charge is 0.192 e. The van der Waals surface area contributed by atoms with Gasteiger partial charge in [-0.1, -0.05) is 32.9 Å². The van der Waals surface area contributed by atoms with Crippen molar-refractivity contribution < 1.29 is 4.43 Å². The van der Waals surface area contributed by atoms with Gasteiger partial charge in [0, 0.05) is 0 Å². The van der Waals surface area contributed by atoms with Crippen LogP contribution in [0, 0.1) is 11.3 Å². The molecule has 2 nitrogen and oxygen atoms in total. The molecule has 0 heterocycles. The SMILES string of the molecule is CC[Si](CC)(CC)OCc1ccc(C#N)cc1. The molecule has 0 aromatic heterocycles. The second kappa shape index (κ2) is 6.58. The van der Waals surface area contributed by atoms with Crippen LogP contribution in [0.1, 0.15) is 31.9 Å². The van der Waals surface area contributed by atoms with Gasteiger partial charge in [-0.2, -0.15) is 5.26 Å². The minimum atomic E-state index is -1.49. The van der Waals surface area contributed by atoms with E-state index in [0.29, 0.717) is 12.2 Å². The van der Waals surface area contributed by atoms with E-state index < -0.39 is 8.32 Å². The summed E-state index contributed by atoms with van der Waals surface area (Å²) in [6.45, 7) is 7.39. The van der Waals surface area contributed by atoms with E-state index in [1.54, 1.807) is 0 Å². The van der Waals surface area contributed by atoms with Crippen LogP contribution in [-0.2, 0) is 11.0 Å². The zero-order valence-corrected chi connectivity index (χ0v) is 12.0. The van der Waals surface area contributed by atoms with Crippen molar-refractivity contribution in [2.24, 2.45) is 0 Å². The van der Waals surface area contributed by atoms with Gasteiger partial charge in [0.2, 0.25) is 0 Å². The summed E-state index contributed by atoms with van der Waals surface area (Å²) in [7, 11) is -1.49. The first-order valence-electron chi connectivity index (χ1n) is 6.32. The number of nitrogens with zero attached hydrogens (tertiary/aromatic N) is 1. The number of benzene rings is 1. The van der Waals surface area contributed by atoms with Crippen LogP contribution in [0.3, 0.4) is 0 Å². The molecule has 3 heteroatoms. The highest BCUT2D eigenvalue weighted by atomic mass is 28.4. The van der Waals surface area contributed by atoms with Crippen molar-refractivity contribution in [1.82, 2.24) is 0 Å². The third kappa shape index (κ3) is 3.69. The maximum Gasteiger partial charge on any atom is 0.192 e. The summed E-state index contributed by atoms with van der Waals surface area (Å²) in [5.41, 5.74) is 1.87. The Labute approximate surface area is 105 Å². The van der Waals surface area contributed by atoms with Crippen molar-refractivity contribution in [2.75, 3.05) is 0 Å². The van der Waals surface area contributed by atoms with E-state index in [-0.39, 0.29) is 0 Å². The lowest BCUT2D eigenvalue weighted by atomic mass is 10.2. The summed E-state index contributed by atoms with van der Waals surface area (Å²) in [6.07, 6.45) is 0. The van der Waals surface area contributed by atoms with Crippen LogP contribution in [-0.4, -0.2) is 8.32 Å². The molecule has 0 spiro atoms. The standard InChI is InChI=1S/C14H21NOSi/c1-4-17(5-2,6-3)16-12-14-9-7-13(11-15)8-10-14/h7-10H,4-6,12H2,1-3H3. The quantitative estimate of drug-likeness (QED) is 0.710. The van der Waals surface area contributed by atoms with Gasteiger partial charge in [-0.05, 0) is 35.8 Å². The van der Waals surface area contributed by atoms with Gasteiger partial charge in [0.15, 0.2) is 8.32 Å². The van der Waals surface area contributed by atoms with Crippen LogP contribution < -0.4 is 0 Å². The molecule has 1 rings (SSSR count). The number of hydrogen-bond donors (Lipinski definition) is 0. The topological polar surface area (TPSA) is 33.0 Å².